The molecule has 0 unspecified atom stereocenters. The fourth-order valence-electron chi connectivity index (χ4n) is 3.79. The fraction of sp³-hybridized carbons (Fsp3) is 0.310. The van der Waals surface area contributed by atoms with E-state index >= 15 is 0 Å². The summed E-state index contributed by atoms with van der Waals surface area (Å²) in [5.74, 6) is -1.35. The molecular weight excluding hydrogens is 505 g/mol. The standard InChI is InChI=1S/C29H34FN3O4S/c1-5-22(3)31-29(35)23(4)32(19-24-13-15-25(30)16-14-24)28(34)20-33(26-17-11-21(2)12-18-26)38(36,37)27-9-7-6-8-10-27/h6-18,22-23H,5,19-20H2,1-4H3,(H,31,35)/t22-,23-/m0/s1. The summed E-state index contributed by atoms with van der Waals surface area (Å²) < 4.78 is 42.0. The third kappa shape index (κ3) is 7.19. The second kappa shape index (κ2) is 12.7. The van der Waals surface area contributed by atoms with Crippen molar-refractivity contribution >= 4 is 27.5 Å². The molecule has 0 aliphatic carbocycles. The summed E-state index contributed by atoms with van der Waals surface area (Å²) in [7, 11) is -4.11. The molecule has 2 atom stereocenters. The Bertz CT molecular complexity index is 1330. The molecule has 0 aliphatic heterocycles. The SMILES string of the molecule is CC[C@H](C)NC(=O)[C@H](C)N(Cc1ccc(F)cc1)C(=O)CN(c1ccc(C)cc1)S(=O)(=O)c1ccccc1. The predicted molar refractivity (Wildman–Crippen MR) is 146 cm³/mol. The van der Waals surface area contributed by atoms with Gasteiger partial charge in [0.1, 0.15) is 18.4 Å². The average molecular weight is 540 g/mol. The zero-order chi connectivity index (χ0) is 27.9. The number of halogens is 1. The molecule has 0 saturated heterocycles. The van der Waals surface area contributed by atoms with Crippen molar-refractivity contribution in [1.82, 2.24) is 10.2 Å². The monoisotopic (exact) mass is 539 g/mol. The first-order valence-electron chi connectivity index (χ1n) is 12.5. The van der Waals surface area contributed by atoms with E-state index in [0.717, 1.165) is 9.87 Å². The van der Waals surface area contributed by atoms with Crippen LogP contribution in [-0.4, -0.2) is 43.8 Å². The molecule has 0 radical (unpaired) electrons. The Morgan fingerprint density at radius 3 is 2.11 bits per heavy atom. The van der Waals surface area contributed by atoms with Crippen LogP contribution in [0.15, 0.2) is 83.8 Å². The molecule has 9 heteroatoms. The summed E-state index contributed by atoms with van der Waals surface area (Å²) in [6, 6.07) is 19.3. The Morgan fingerprint density at radius 2 is 1.53 bits per heavy atom. The van der Waals surface area contributed by atoms with Crippen molar-refractivity contribution in [2.45, 2.75) is 57.6 Å². The Labute approximate surface area is 224 Å². The van der Waals surface area contributed by atoms with Crippen molar-refractivity contribution in [3.05, 3.63) is 95.8 Å². The topological polar surface area (TPSA) is 86.8 Å². The van der Waals surface area contributed by atoms with Gasteiger partial charge in [0.2, 0.25) is 11.8 Å². The molecule has 3 aromatic rings. The van der Waals surface area contributed by atoms with Gasteiger partial charge in [-0.2, -0.15) is 0 Å². The molecule has 0 bridgehead atoms. The van der Waals surface area contributed by atoms with Crippen LogP contribution >= 0.6 is 0 Å². The summed E-state index contributed by atoms with van der Waals surface area (Å²) >= 11 is 0. The van der Waals surface area contributed by atoms with E-state index in [1.807, 2.05) is 20.8 Å². The molecule has 202 valence electrons. The molecule has 0 aliphatic rings. The minimum atomic E-state index is -4.11. The van der Waals surface area contributed by atoms with Gasteiger partial charge >= 0.3 is 0 Å². The van der Waals surface area contributed by atoms with Crippen LogP contribution in [0.5, 0.6) is 0 Å². The van der Waals surface area contributed by atoms with Gasteiger partial charge in [0.25, 0.3) is 10.0 Å². The van der Waals surface area contributed by atoms with E-state index in [0.29, 0.717) is 17.7 Å². The van der Waals surface area contributed by atoms with E-state index in [1.165, 1.54) is 41.3 Å². The van der Waals surface area contributed by atoms with Crippen LogP contribution in [0.1, 0.15) is 38.3 Å². The number of carbonyl (C=O) groups is 2. The van der Waals surface area contributed by atoms with Crippen molar-refractivity contribution in [2.24, 2.45) is 0 Å². The maximum absolute atomic E-state index is 13.8. The van der Waals surface area contributed by atoms with Crippen LogP contribution in [0.4, 0.5) is 10.1 Å². The zero-order valence-electron chi connectivity index (χ0n) is 22.1. The molecule has 0 aromatic heterocycles. The number of hydrogen-bond donors (Lipinski definition) is 1. The van der Waals surface area contributed by atoms with Gasteiger partial charge in [-0.1, -0.05) is 55.0 Å². The number of benzene rings is 3. The molecule has 0 spiro atoms. The van der Waals surface area contributed by atoms with Crippen LogP contribution in [-0.2, 0) is 26.2 Å². The quantitative estimate of drug-likeness (QED) is 0.384. The highest BCUT2D eigenvalue weighted by molar-refractivity contribution is 7.92. The van der Waals surface area contributed by atoms with Crippen LogP contribution in [0, 0.1) is 12.7 Å². The van der Waals surface area contributed by atoms with E-state index < -0.39 is 34.3 Å². The lowest BCUT2D eigenvalue weighted by molar-refractivity contribution is -0.139. The van der Waals surface area contributed by atoms with Crippen molar-refractivity contribution in [1.29, 1.82) is 0 Å². The zero-order valence-corrected chi connectivity index (χ0v) is 22.9. The third-order valence-corrected chi connectivity index (χ3v) is 8.15. The number of amides is 2. The summed E-state index contributed by atoms with van der Waals surface area (Å²) in [6.07, 6.45) is 0.709. The molecule has 0 saturated carbocycles. The maximum atomic E-state index is 13.8. The number of aryl methyl sites for hydroxylation is 1. The molecule has 3 rings (SSSR count). The van der Waals surface area contributed by atoms with Gasteiger partial charge in [-0.05, 0) is 69.2 Å². The van der Waals surface area contributed by atoms with Crippen LogP contribution < -0.4 is 9.62 Å². The number of carbonyl (C=O) groups excluding carboxylic acids is 2. The van der Waals surface area contributed by atoms with E-state index in [2.05, 4.69) is 5.32 Å². The van der Waals surface area contributed by atoms with Crippen molar-refractivity contribution < 1.29 is 22.4 Å². The Kier molecular flexibility index (Phi) is 9.63. The van der Waals surface area contributed by atoms with Crippen molar-refractivity contribution in [3.63, 3.8) is 0 Å². The molecule has 3 aromatic carbocycles. The predicted octanol–water partition coefficient (Wildman–Crippen LogP) is 4.66. The van der Waals surface area contributed by atoms with E-state index in [-0.39, 0.29) is 23.4 Å². The number of sulfonamides is 1. The summed E-state index contributed by atoms with van der Waals surface area (Å²) in [4.78, 5) is 28.2. The van der Waals surface area contributed by atoms with E-state index in [9.17, 15) is 22.4 Å². The minimum absolute atomic E-state index is 0.00132. The molecule has 38 heavy (non-hydrogen) atoms. The summed E-state index contributed by atoms with van der Waals surface area (Å²) in [5, 5.41) is 2.88. The number of hydrogen-bond acceptors (Lipinski definition) is 4. The number of nitrogens with zero attached hydrogens (tertiary/aromatic N) is 2. The van der Waals surface area contributed by atoms with Crippen LogP contribution in [0.25, 0.3) is 0 Å². The van der Waals surface area contributed by atoms with Gasteiger partial charge in [-0.15, -0.1) is 0 Å². The van der Waals surface area contributed by atoms with Crippen molar-refractivity contribution in [3.8, 4) is 0 Å². The summed E-state index contributed by atoms with van der Waals surface area (Å²) in [6.45, 7) is 6.76. The lowest BCUT2D eigenvalue weighted by Gasteiger charge is -2.32. The van der Waals surface area contributed by atoms with Crippen LogP contribution in [0.2, 0.25) is 0 Å². The molecule has 7 nitrogen and oxygen atoms in total. The largest absolute Gasteiger partial charge is 0.352 e. The van der Waals surface area contributed by atoms with E-state index in [4.69, 9.17) is 0 Å². The van der Waals surface area contributed by atoms with Crippen LogP contribution in [0.3, 0.4) is 0 Å². The maximum Gasteiger partial charge on any atom is 0.264 e. The third-order valence-electron chi connectivity index (χ3n) is 6.37. The molecule has 0 fully saturated rings. The van der Waals surface area contributed by atoms with Gasteiger partial charge in [-0.3, -0.25) is 13.9 Å². The summed E-state index contributed by atoms with van der Waals surface area (Å²) in [5.41, 5.74) is 1.87. The Morgan fingerprint density at radius 1 is 0.921 bits per heavy atom. The molecular formula is C29H34FN3O4S. The van der Waals surface area contributed by atoms with Gasteiger partial charge in [-0.25, -0.2) is 12.8 Å². The number of anilines is 1. The molecule has 0 heterocycles. The highest BCUT2D eigenvalue weighted by atomic mass is 32.2. The highest BCUT2D eigenvalue weighted by Crippen LogP contribution is 2.25. The van der Waals surface area contributed by atoms with Gasteiger partial charge < -0.3 is 10.2 Å². The first kappa shape index (κ1) is 28.8. The normalized spacial score (nSPS) is 12.9. The van der Waals surface area contributed by atoms with Gasteiger partial charge in [0.05, 0.1) is 10.6 Å². The van der Waals surface area contributed by atoms with Crippen molar-refractivity contribution in [2.75, 3.05) is 10.8 Å². The van der Waals surface area contributed by atoms with Gasteiger partial charge in [0, 0.05) is 12.6 Å². The smallest absolute Gasteiger partial charge is 0.264 e. The number of rotatable bonds is 11. The van der Waals surface area contributed by atoms with Gasteiger partial charge in [0.15, 0.2) is 0 Å². The lowest BCUT2D eigenvalue weighted by atomic mass is 10.1. The first-order chi connectivity index (χ1) is 18.0. The second-order valence-electron chi connectivity index (χ2n) is 9.30. The number of nitrogens with one attached hydrogen (secondary N) is 1. The van der Waals surface area contributed by atoms with E-state index in [1.54, 1.807) is 49.4 Å². The second-order valence-corrected chi connectivity index (χ2v) is 11.2. The molecule has 2 amide bonds. The highest BCUT2D eigenvalue weighted by Gasteiger charge is 2.32. The average Bonchev–Trinajstić information content (AvgIpc) is 2.91. The minimum Gasteiger partial charge on any atom is -0.352 e. The first-order valence-corrected chi connectivity index (χ1v) is 14.0. The fourth-order valence-corrected chi connectivity index (χ4v) is 5.23. The molecule has 1 N–H and O–H groups in total. The Hall–Kier alpha value is -3.72. The Balaban J connectivity index is 2.00. The lowest BCUT2D eigenvalue weighted by Crippen LogP contribution is -2.52.